The molecule has 0 atom stereocenters. The number of nitrogens with one attached hydrogen (secondary N) is 2. The van der Waals surface area contributed by atoms with Gasteiger partial charge in [-0.2, -0.15) is 11.8 Å². The highest BCUT2D eigenvalue weighted by atomic mass is 32.2. The fraction of sp³-hybridized carbons (Fsp3) is 0.235. The van der Waals surface area contributed by atoms with E-state index in [1.165, 1.54) is 5.56 Å². The van der Waals surface area contributed by atoms with Crippen molar-refractivity contribution >= 4 is 34.5 Å². The molecule has 6 heteroatoms. The van der Waals surface area contributed by atoms with Gasteiger partial charge in [-0.1, -0.05) is 6.92 Å². The van der Waals surface area contributed by atoms with Crippen molar-refractivity contribution in [2.24, 2.45) is 0 Å². The van der Waals surface area contributed by atoms with E-state index in [0.29, 0.717) is 12.2 Å². The minimum Gasteiger partial charge on any atom is -0.346 e. The van der Waals surface area contributed by atoms with E-state index in [1.54, 1.807) is 12.4 Å². The second-order valence-corrected chi connectivity index (χ2v) is 6.40. The number of fused-ring (bicyclic) bond motifs is 1. The van der Waals surface area contributed by atoms with Crippen LogP contribution in [-0.2, 0) is 17.0 Å². The normalized spacial score (nSPS) is 10.8. The van der Waals surface area contributed by atoms with E-state index in [1.807, 2.05) is 42.2 Å². The summed E-state index contributed by atoms with van der Waals surface area (Å²) in [5.41, 5.74) is 2.90. The number of H-pyrrole nitrogens is 1. The Kier molecular flexibility index (Phi) is 4.92. The summed E-state index contributed by atoms with van der Waals surface area (Å²) in [6, 6.07) is 7.73. The van der Waals surface area contributed by atoms with Crippen LogP contribution in [0.15, 0.2) is 42.9 Å². The van der Waals surface area contributed by atoms with Crippen LogP contribution in [0.5, 0.6) is 0 Å². The summed E-state index contributed by atoms with van der Waals surface area (Å²) in [5.74, 6) is 2.51. The van der Waals surface area contributed by atoms with Crippen LogP contribution >= 0.6 is 11.8 Å². The smallest absolute Gasteiger partial charge is 0.230 e. The number of anilines is 1. The molecule has 0 aliphatic carbocycles. The van der Waals surface area contributed by atoms with Crippen LogP contribution in [0.2, 0.25) is 0 Å². The molecule has 23 heavy (non-hydrogen) atoms. The largest absolute Gasteiger partial charge is 0.346 e. The van der Waals surface area contributed by atoms with Gasteiger partial charge in [0, 0.05) is 29.7 Å². The highest BCUT2D eigenvalue weighted by Crippen LogP contribution is 2.17. The van der Waals surface area contributed by atoms with Gasteiger partial charge >= 0.3 is 0 Å². The summed E-state index contributed by atoms with van der Waals surface area (Å²) in [7, 11) is 0. The summed E-state index contributed by atoms with van der Waals surface area (Å²) in [6.45, 7) is 2.13. The summed E-state index contributed by atoms with van der Waals surface area (Å²) in [5, 5.41) is 3.84. The number of nitrogens with zero attached hydrogens (tertiary/aromatic N) is 2. The van der Waals surface area contributed by atoms with Crippen molar-refractivity contribution in [2.45, 2.75) is 19.1 Å². The predicted molar refractivity (Wildman–Crippen MR) is 94.5 cm³/mol. The monoisotopic (exact) mass is 326 g/mol. The standard InChI is InChI=1S/C17H18N4OS/c1-2-23-11-12-5-7-18-15(8-12)21-16(22)9-13-10-20-17-14(13)4-3-6-19-17/h3-8,10H,2,9,11H2,1H3,(H,19,20)(H,18,21,22). The number of aromatic amines is 1. The van der Waals surface area contributed by atoms with E-state index in [-0.39, 0.29) is 5.91 Å². The summed E-state index contributed by atoms with van der Waals surface area (Å²) in [6.07, 6.45) is 5.59. The van der Waals surface area contributed by atoms with Crippen LogP contribution in [0.1, 0.15) is 18.1 Å². The second kappa shape index (κ2) is 7.28. The van der Waals surface area contributed by atoms with E-state index < -0.39 is 0 Å². The van der Waals surface area contributed by atoms with Crippen LogP contribution in [0, 0.1) is 0 Å². The van der Waals surface area contributed by atoms with Crippen molar-refractivity contribution < 1.29 is 4.79 Å². The van der Waals surface area contributed by atoms with Crippen molar-refractivity contribution in [3.05, 3.63) is 54.0 Å². The molecule has 0 bridgehead atoms. The lowest BCUT2D eigenvalue weighted by Crippen LogP contribution is -2.15. The first-order chi connectivity index (χ1) is 11.3. The Labute approximate surface area is 138 Å². The predicted octanol–water partition coefficient (Wildman–Crippen LogP) is 3.39. The first kappa shape index (κ1) is 15.6. The van der Waals surface area contributed by atoms with Gasteiger partial charge in [0.15, 0.2) is 0 Å². The highest BCUT2D eigenvalue weighted by molar-refractivity contribution is 7.98. The van der Waals surface area contributed by atoms with Gasteiger partial charge in [-0.3, -0.25) is 4.79 Å². The zero-order chi connectivity index (χ0) is 16.1. The average Bonchev–Trinajstić information content (AvgIpc) is 2.96. The van der Waals surface area contributed by atoms with Crippen LogP contribution in [0.25, 0.3) is 11.0 Å². The van der Waals surface area contributed by atoms with Crippen molar-refractivity contribution in [1.29, 1.82) is 0 Å². The molecule has 0 aliphatic rings. The molecule has 0 fully saturated rings. The lowest BCUT2D eigenvalue weighted by atomic mass is 10.1. The maximum Gasteiger partial charge on any atom is 0.230 e. The Balaban J connectivity index is 1.67. The number of aromatic nitrogens is 3. The minimum absolute atomic E-state index is 0.0810. The molecule has 5 nitrogen and oxygen atoms in total. The number of carbonyl (C=O) groups excluding carboxylic acids is 1. The van der Waals surface area contributed by atoms with E-state index in [2.05, 4.69) is 27.2 Å². The van der Waals surface area contributed by atoms with Crippen molar-refractivity contribution in [3.63, 3.8) is 0 Å². The van der Waals surface area contributed by atoms with E-state index in [0.717, 1.165) is 28.1 Å². The summed E-state index contributed by atoms with van der Waals surface area (Å²) >= 11 is 1.84. The average molecular weight is 326 g/mol. The van der Waals surface area contributed by atoms with Crippen molar-refractivity contribution in [2.75, 3.05) is 11.1 Å². The molecule has 0 radical (unpaired) electrons. The van der Waals surface area contributed by atoms with Crippen LogP contribution in [0.4, 0.5) is 5.82 Å². The van der Waals surface area contributed by atoms with Crippen molar-refractivity contribution in [1.82, 2.24) is 15.0 Å². The number of thioether (sulfide) groups is 1. The molecule has 2 N–H and O–H groups in total. The van der Waals surface area contributed by atoms with E-state index in [9.17, 15) is 4.79 Å². The zero-order valence-corrected chi connectivity index (χ0v) is 13.7. The van der Waals surface area contributed by atoms with E-state index in [4.69, 9.17) is 0 Å². The molecule has 3 aromatic heterocycles. The van der Waals surface area contributed by atoms with Crippen LogP contribution in [0.3, 0.4) is 0 Å². The molecule has 3 heterocycles. The zero-order valence-electron chi connectivity index (χ0n) is 12.9. The molecule has 0 spiro atoms. The van der Waals surface area contributed by atoms with Gasteiger partial charge in [0.25, 0.3) is 0 Å². The number of pyridine rings is 2. The Bertz CT molecular complexity index is 815. The number of hydrogen-bond acceptors (Lipinski definition) is 4. The van der Waals surface area contributed by atoms with Gasteiger partial charge < -0.3 is 10.3 Å². The maximum absolute atomic E-state index is 12.3. The Morgan fingerprint density at radius 1 is 1.30 bits per heavy atom. The lowest BCUT2D eigenvalue weighted by Gasteiger charge is -2.06. The molecule has 0 aliphatic heterocycles. The van der Waals surface area contributed by atoms with E-state index >= 15 is 0 Å². The molecule has 0 saturated heterocycles. The molecule has 3 aromatic rings. The van der Waals surface area contributed by atoms with Crippen LogP contribution in [-0.4, -0.2) is 26.6 Å². The van der Waals surface area contributed by atoms with Gasteiger partial charge in [0.1, 0.15) is 11.5 Å². The molecule has 0 saturated carbocycles. The third-order valence-corrected chi connectivity index (χ3v) is 4.40. The molecule has 3 rings (SSSR count). The molecule has 1 amide bonds. The Morgan fingerprint density at radius 2 is 2.22 bits per heavy atom. The maximum atomic E-state index is 12.3. The topological polar surface area (TPSA) is 70.7 Å². The fourth-order valence-corrected chi connectivity index (χ4v) is 2.99. The third kappa shape index (κ3) is 3.90. The van der Waals surface area contributed by atoms with Crippen molar-refractivity contribution in [3.8, 4) is 0 Å². The lowest BCUT2D eigenvalue weighted by molar-refractivity contribution is -0.115. The fourth-order valence-electron chi connectivity index (χ4n) is 2.37. The van der Waals surface area contributed by atoms with Crippen LogP contribution < -0.4 is 5.32 Å². The third-order valence-electron chi connectivity index (χ3n) is 3.45. The molecule has 0 unspecified atom stereocenters. The molecule has 0 aromatic carbocycles. The molecular formula is C17H18N4OS. The number of carbonyl (C=O) groups is 1. The SMILES string of the molecule is CCSCc1ccnc(NC(=O)Cc2c[nH]c3ncccc23)c1. The number of rotatable bonds is 6. The first-order valence-electron chi connectivity index (χ1n) is 7.49. The molecular weight excluding hydrogens is 308 g/mol. The van der Waals surface area contributed by atoms with Gasteiger partial charge in [-0.25, -0.2) is 9.97 Å². The summed E-state index contributed by atoms with van der Waals surface area (Å²) in [4.78, 5) is 23.8. The quantitative estimate of drug-likeness (QED) is 0.728. The second-order valence-electron chi connectivity index (χ2n) is 5.12. The number of amides is 1. The van der Waals surface area contributed by atoms with Gasteiger partial charge in [0.2, 0.25) is 5.91 Å². The molecule has 118 valence electrons. The Morgan fingerprint density at radius 3 is 3.09 bits per heavy atom. The summed E-state index contributed by atoms with van der Waals surface area (Å²) < 4.78 is 0. The van der Waals surface area contributed by atoms with Gasteiger partial charge in [-0.05, 0) is 41.1 Å². The van der Waals surface area contributed by atoms with Gasteiger partial charge in [0.05, 0.1) is 6.42 Å². The van der Waals surface area contributed by atoms with Gasteiger partial charge in [-0.15, -0.1) is 0 Å². The highest BCUT2D eigenvalue weighted by Gasteiger charge is 2.10. The number of hydrogen-bond donors (Lipinski definition) is 2. The first-order valence-corrected chi connectivity index (χ1v) is 8.65. The Hall–Kier alpha value is -2.34. The minimum atomic E-state index is -0.0810.